The molecule has 0 saturated carbocycles. The van der Waals surface area contributed by atoms with Crippen molar-refractivity contribution in [3.05, 3.63) is 67.2 Å². The number of aromatic nitrogens is 1. The lowest BCUT2D eigenvalue weighted by Gasteiger charge is -2.20. The molecule has 10 heteroatoms. The van der Waals surface area contributed by atoms with Crippen LogP contribution in [0.25, 0.3) is 10.9 Å². The zero-order valence-electron chi connectivity index (χ0n) is 21.0. The molecule has 0 unspecified atom stereocenters. The highest BCUT2D eigenvalue weighted by molar-refractivity contribution is 6.55. The summed E-state index contributed by atoms with van der Waals surface area (Å²) in [6.07, 6.45) is 2.00. The number of halogens is 4. The van der Waals surface area contributed by atoms with Crippen LogP contribution in [-0.2, 0) is 9.53 Å². The standard InChI is InChI=1S/C28H25Cl4NO5/c1-4-28(2,3)27(36)38-13-6-5-12-37-16-9-7-8-14-10-11-15(33-24(14)16)17-25(34)18-19(26(17)35)21(30)23(32)22(31)20(18)29/h7-11,17H,4-6,12-13H2,1-3H3. The maximum Gasteiger partial charge on any atom is 0.311 e. The van der Waals surface area contributed by atoms with Crippen LogP contribution in [0.2, 0.25) is 20.1 Å². The summed E-state index contributed by atoms with van der Waals surface area (Å²) < 4.78 is 11.3. The van der Waals surface area contributed by atoms with E-state index in [9.17, 15) is 14.4 Å². The summed E-state index contributed by atoms with van der Waals surface area (Å²) in [5.74, 6) is -2.01. The highest BCUT2D eigenvalue weighted by atomic mass is 35.5. The molecule has 0 amide bonds. The van der Waals surface area contributed by atoms with E-state index in [2.05, 4.69) is 4.98 Å². The molecule has 3 aromatic rings. The summed E-state index contributed by atoms with van der Waals surface area (Å²) in [4.78, 5) is 43.3. The second kappa shape index (κ2) is 11.4. The van der Waals surface area contributed by atoms with Crippen molar-refractivity contribution in [3.63, 3.8) is 0 Å². The summed E-state index contributed by atoms with van der Waals surface area (Å²) >= 11 is 24.8. The first-order valence-electron chi connectivity index (χ1n) is 12.1. The van der Waals surface area contributed by atoms with Crippen LogP contribution in [0.1, 0.15) is 72.4 Å². The molecule has 0 N–H and O–H groups in total. The van der Waals surface area contributed by atoms with Gasteiger partial charge in [-0.15, -0.1) is 0 Å². The van der Waals surface area contributed by atoms with Crippen LogP contribution in [-0.4, -0.2) is 35.7 Å². The van der Waals surface area contributed by atoms with E-state index in [4.69, 9.17) is 55.9 Å². The number of nitrogens with zero attached hydrogens (tertiary/aromatic N) is 1. The Morgan fingerprint density at radius 1 is 0.895 bits per heavy atom. The molecule has 2 aromatic carbocycles. The molecule has 1 aliphatic carbocycles. The van der Waals surface area contributed by atoms with Crippen molar-refractivity contribution in [1.82, 2.24) is 4.98 Å². The minimum Gasteiger partial charge on any atom is -0.491 e. The number of Topliss-reactive ketones (excluding diaryl/α,β-unsaturated/α-hetero) is 2. The van der Waals surface area contributed by atoms with Gasteiger partial charge in [-0.05, 0) is 45.2 Å². The molecule has 38 heavy (non-hydrogen) atoms. The summed E-state index contributed by atoms with van der Waals surface area (Å²) in [6, 6.07) is 8.85. The van der Waals surface area contributed by atoms with E-state index < -0.39 is 22.9 Å². The first kappa shape index (κ1) is 28.6. The Balaban J connectivity index is 1.50. The molecule has 0 bridgehead atoms. The summed E-state index contributed by atoms with van der Waals surface area (Å²) in [6.45, 7) is 6.35. The van der Waals surface area contributed by atoms with E-state index in [0.717, 1.165) is 5.39 Å². The van der Waals surface area contributed by atoms with Crippen LogP contribution in [0.3, 0.4) is 0 Å². The fourth-order valence-corrected chi connectivity index (χ4v) is 5.11. The van der Waals surface area contributed by atoms with Gasteiger partial charge in [-0.3, -0.25) is 14.4 Å². The van der Waals surface area contributed by atoms with Gasteiger partial charge in [0.05, 0.1) is 55.5 Å². The first-order chi connectivity index (χ1) is 18.0. The van der Waals surface area contributed by atoms with Crippen LogP contribution in [0.4, 0.5) is 0 Å². The quantitative estimate of drug-likeness (QED) is 0.0814. The third-order valence-corrected chi connectivity index (χ3v) is 8.55. The van der Waals surface area contributed by atoms with Gasteiger partial charge < -0.3 is 9.47 Å². The first-order valence-corrected chi connectivity index (χ1v) is 13.6. The van der Waals surface area contributed by atoms with Crippen LogP contribution in [0, 0.1) is 5.41 Å². The van der Waals surface area contributed by atoms with Gasteiger partial charge in [0.15, 0.2) is 11.6 Å². The normalized spacial score (nSPS) is 13.8. The van der Waals surface area contributed by atoms with Gasteiger partial charge in [-0.2, -0.15) is 0 Å². The number of esters is 1. The molecular formula is C28H25Cl4NO5. The van der Waals surface area contributed by atoms with Gasteiger partial charge in [0, 0.05) is 5.39 Å². The Bertz CT molecular complexity index is 1410. The largest absolute Gasteiger partial charge is 0.491 e. The van der Waals surface area contributed by atoms with Crippen LogP contribution in [0.5, 0.6) is 5.75 Å². The number of carbonyl (C=O) groups excluding carboxylic acids is 3. The second-order valence-electron chi connectivity index (χ2n) is 9.66. The molecule has 4 rings (SSSR count). The smallest absolute Gasteiger partial charge is 0.311 e. The Hall–Kier alpha value is -2.38. The molecule has 0 aliphatic heterocycles. The predicted octanol–water partition coefficient (Wildman–Crippen LogP) is 8.15. The fourth-order valence-electron chi connectivity index (χ4n) is 4.07. The lowest BCUT2D eigenvalue weighted by Crippen LogP contribution is -2.26. The van der Waals surface area contributed by atoms with E-state index in [1.165, 1.54) is 0 Å². The Morgan fingerprint density at radius 3 is 2.11 bits per heavy atom. The van der Waals surface area contributed by atoms with Crippen molar-refractivity contribution < 1.29 is 23.9 Å². The monoisotopic (exact) mass is 595 g/mol. The number of fused-ring (bicyclic) bond motifs is 2. The number of benzene rings is 2. The topological polar surface area (TPSA) is 82.6 Å². The maximum atomic E-state index is 13.3. The number of carbonyl (C=O) groups is 3. The number of unbranched alkanes of at least 4 members (excludes halogenated alkanes) is 1. The van der Waals surface area contributed by atoms with Gasteiger partial charge in [-0.1, -0.05) is 71.5 Å². The van der Waals surface area contributed by atoms with Crippen LogP contribution in [0.15, 0.2) is 30.3 Å². The highest BCUT2D eigenvalue weighted by Crippen LogP contribution is 2.48. The van der Waals surface area contributed by atoms with Crippen molar-refractivity contribution in [2.24, 2.45) is 5.41 Å². The van der Waals surface area contributed by atoms with Crippen LogP contribution >= 0.6 is 46.4 Å². The van der Waals surface area contributed by atoms with E-state index in [1.54, 1.807) is 18.2 Å². The SMILES string of the molecule is CCC(C)(C)C(=O)OCCCCOc1cccc2ccc(C3C(=O)c4c(Cl)c(Cl)c(Cl)c(Cl)c4C3=O)nc12. The minimum atomic E-state index is -1.23. The molecule has 1 heterocycles. The van der Waals surface area contributed by atoms with Gasteiger partial charge in [0.25, 0.3) is 0 Å². The number of hydrogen-bond donors (Lipinski definition) is 0. The average Bonchev–Trinajstić information content (AvgIpc) is 3.17. The van der Waals surface area contributed by atoms with E-state index in [-0.39, 0.29) is 42.9 Å². The summed E-state index contributed by atoms with van der Waals surface area (Å²) in [7, 11) is 0. The third kappa shape index (κ3) is 5.24. The molecule has 0 fully saturated rings. The van der Waals surface area contributed by atoms with Gasteiger partial charge >= 0.3 is 5.97 Å². The molecule has 1 aromatic heterocycles. The zero-order valence-corrected chi connectivity index (χ0v) is 24.0. The molecule has 0 radical (unpaired) electrons. The van der Waals surface area contributed by atoms with Gasteiger partial charge in [0.2, 0.25) is 0 Å². The molecule has 0 atom stereocenters. The van der Waals surface area contributed by atoms with Gasteiger partial charge in [0.1, 0.15) is 17.2 Å². The van der Waals surface area contributed by atoms with E-state index in [0.29, 0.717) is 43.7 Å². The Labute approximate surface area is 240 Å². The molecule has 200 valence electrons. The molecular weight excluding hydrogens is 572 g/mol. The third-order valence-electron chi connectivity index (χ3n) is 6.75. The Morgan fingerprint density at radius 2 is 1.50 bits per heavy atom. The number of hydrogen-bond acceptors (Lipinski definition) is 6. The molecule has 1 aliphatic rings. The second-order valence-corrected chi connectivity index (χ2v) is 11.2. The number of para-hydroxylation sites is 1. The van der Waals surface area contributed by atoms with Gasteiger partial charge in [-0.25, -0.2) is 4.98 Å². The lowest BCUT2D eigenvalue weighted by molar-refractivity contribution is -0.154. The van der Waals surface area contributed by atoms with Crippen molar-refractivity contribution in [1.29, 1.82) is 0 Å². The van der Waals surface area contributed by atoms with Crippen molar-refractivity contribution in [2.75, 3.05) is 13.2 Å². The Kier molecular flexibility index (Phi) is 8.58. The molecule has 0 spiro atoms. The number of ketones is 2. The number of ether oxygens (including phenoxy) is 2. The fraction of sp³-hybridized carbons (Fsp3) is 0.357. The minimum absolute atomic E-state index is 0.0458. The average molecular weight is 597 g/mol. The van der Waals surface area contributed by atoms with Crippen LogP contribution < -0.4 is 4.74 Å². The zero-order chi connectivity index (χ0) is 27.8. The number of pyridine rings is 1. The predicted molar refractivity (Wildman–Crippen MR) is 149 cm³/mol. The maximum absolute atomic E-state index is 13.3. The molecule has 0 saturated heterocycles. The van der Waals surface area contributed by atoms with Crippen molar-refractivity contribution >= 4 is 74.8 Å². The van der Waals surface area contributed by atoms with E-state index >= 15 is 0 Å². The number of rotatable bonds is 9. The lowest BCUT2D eigenvalue weighted by atomic mass is 9.91. The van der Waals surface area contributed by atoms with E-state index in [1.807, 2.05) is 32.9 Å². The summed E-state index contributed by atoms with van der Waals surface area (Å²) in [5.41, 5.74) is 0.156. The highest BCUT2D eigenvalue weighted by Gasteiger charge is 2.45. The van der Waals surface area contributed by atoms with Crippen molar-refractivity contribution in [3.8, 4) is 5.75 Å². The van der Waals surface area contributed by atoms with Crippen molar-refractivity contribution in [2.45, 2.75) is 46.0 Å². The molecule has 6 nitrogen and oxygen atoms in total. The summed E-state index contributed by atoms with van der Waals surface area (Å²) in [5, 5.41) is 0.408.